The van der Waals surface area contributed by atoms with Gasteiger partial charge in [-0.05, 0) is 36.8 Å². The van der Waals surface area contributed by atoms with E-state index in [-0.39, 0.29) is 30.7 Å². The Bertz CT molecular complexity index is 833. The van der Waals surface area contributed by atoms with E-state index in [1.165, 1.54) is 0 Å². The van der Waals surface area contributed by atoms with Gasteiger partial charge in [0.05, 0.1) is 11.1 Å². The number of benzene rings is 1. The molecule has 3 amide bonds. The zero-order valence-corrected chi connectivity index (χ0v) is 14.5. The second kappa shape index (κ2) is 6.52. The number of amides is 3. The number of imide groups is 1. The van der Waals surface area contributed by atoms with E-state index in [0.717, 1.165) is 14.9 Å². The third kappa shape index (κ3) is 3.21. The predicted octanol–water partition coefficient (Wildman–Crippen LogP) is 2.78. The van der Waals surface area contributed by atoms with E-state index in [4.69, 9.17) is 0 Å². The number of halogens is 1. The summed E-state index contributed by atoms with van der Waals surface area (Å²) in [6, 6.07) is 8.47. The number of nitrogens with zero attached hydrogens (tertiary/aromatic N) is 2. The summed E-state index contributed by atoms with van der Waals surface area (Å²) in [7, 11) is 0. The van der Waals surface area contributed by atoms with Crippen LogP contribution in [0.15, 0.2) is 41.0 Å². The van der Waals surface area contributed by atoms with Crippen molar-refractivity contribution in [1.82, 2.24) is 9.88 Å². The maximum Gasteiger partial charge on any atom is 0.261 e. The fourth-order valence-electron chi connectivity index (χ4n) is 2.43. The van der Waals surface area contributed by atoms with E-state index in [2.05, 4.69) is 26.2 Å². The summed E-state index contributed by atoms with van der Waals surface area (Å²) in [5.74, 6) is -0.609. The highest BCUT2D eigenvalue weighted by Gasteiger charge is 2.35. The molecule has 1 aromatic heterocycles. The van der Waals surface area contributed by atoms with Crippen LogP contribution in [0.25, 0.3) is 0 Å². The van der Waals surface area contributed by atoms with Gasteiger partial charge in [-0.2, -0.15) is 0 Å². The molecular weight excluding hydrogens is 374 g/mol. The molecule has 0 radical (unpaired) electrons. The van der Waals surface area contributed by atoms with Crippen LogP contribution in [0.1, 0.15) is 32.7 Å². The Morgan fingerprint density at radius 1 is 1.17 bits per heavy atom. The highest BCUT2D eigenvalue weighted by atomic mass is 79.9. The number of nitrogens with one attached hydrogen (secondary N) is 1. The molecule has 2 aromatic rings. The van der Waals surface area contributed by atoms with Gasteiger partial charge in [0.15, 0.2) is 0 Å². The molecule has 3 rings (SSSR count). The maximum absolute atomic E-state index is 12.3. The molecule has 1 aliphatic rings. The van der Waals surface area contributed by atoms with Crippen LogP contribution in [0.5, 0.6) is 0 Å². The van der Waals surface area contributed by atoms with E-state index in [0.29, 0.717) is 16.9 Å². The van der Waals surface area contributed by atoms with Gasteiger partial charge in [0.2, 0.25) is 5.91 Å². The smallest absolute Gasteiger partial charge is 0.261 e. The summed E-state index contributed by atoms with van der Waals surface area (Å²) in [5, 5.41) is 2.65. The van der Waals surface area contributed by atoms with Gasteiger partial charge >= 0.3 is 0 Å². The first-order valence-corrected chi connectivity index (χ1v) is 8.13. The number of hydrogen-bond donors (Lipinski definition) is 1. The minimum atomic E-state index is -0.377. The molecule has 0 bridgehead atoms. The van der Waals surface area contributed by atoms with Crippen molar-refractivity contribution in [2.45, 2.75) is 13.3 Å². The molecule has 2 heterocycles. The number of carbonyl (C=O) groups is 3. The Kier molecular flexibility index (Phi) is 4.44. The van der Waals surface area contributed by atoms with Gasteiger partial charge in [0.1, 0.15) is 5.82 Å². The molecule has 24 heavy (non-hydrogen) atoms. The number of anilines is 1. The number of hydrogen-bond acceptors (Lipinski definition) is 4. The number of pyridine rings is 1. The summed E-state index contributed by atoms with van der Waals surface area (Å²) in [4.78, 5) is 41.7. The van der Waals surface area contributed by atoms with Gasteiger partial charge in [-0.25, -0.2) is 4.98 Å². The van der Waals surface area contributed by atoms with E-state index < -0.39 is 0 Å². The van der Waals surface area contributed by atoms with Crippen LogP contribution in [0.3, 0.4) is 0 Å². The Balaban J connectivity index is 1.63. The van der Waals surface area contributed by atoms with Crippen LogP contribution in [-0.4, -0.2) is 34.2 Å². The Labute approximate surface area is 147 Å². The lowest BCUT2D eigenvalue weighted by atomic mass is 10.1. The van der Waals surface area contributed by atoms with Crippen molar-refractivity contribution in [2.24, 2.45) is 0 Å². The number of fused-ring (bicyclic) bond motifs is 1. The summed E-state index contributed by atoms with van der Waals surface area (Å²) in [6.45, 7) is 1.93. The summed E-state index contributed by atoms with van der Waals surface area (Å²) >= 11 is 3.28. The fraction of sp³-hybridized carbons (Fsp3) is 0.176. The van der Waals surface area contributed by atoms with E-state index in [1.54, 1.807) is 30.5 Å². The largest absolute Gasteiger partial charge is 0.311 e. The van der Waals surface area contributed by atoms with Crippen molar-refractivity contribution in [3.8, 4) is 0 Å². The first-order chi connectivity index (χ1) is 11.5. The first-order valence-electron chi connectivity index (χ1n) is 7.34. The van der Waals surface area contributed by atoms with E-state index >= 15 is 0 Å². The third-order valence-electron chi connectivity index (χ3n) is 3.67. The molecule has 1 aromatic carbocycles. The number of rotatable bonds is 4. The van der Waals surface area contributed by atoms with E-state index in [1.807, 2.05) is 13.0 Å². The molecule has 0 aliphatic carbocycles. The van der Waals surface area contributed by atoms with Gasteiger partial charge in [-0.15, -0.1) is 0 Å². The number of aryl methyl sites for hydroxylation is 1. The second-order valence-corrected chi connectivity index (χ2v) is 6.39. The topological polar surface area (TPSA) is 79.4 Å². The zero-order valence-electron chi connectivity index (χ0n) is 12.9. The first kappa shape index (κ1) is 16.3. The molecule has 1 aliphatic heterocycles. The minimum absolute atomic E-state index is 0.0161. The van der Waals surface area contributed by atoms with Crippen molar-refractivity contribution in [3.05, 3.63) is 57.7 Å². The molecule has 0 spiro atoms. The van der Waals surface area contributed by atoms with Gasteiger partial charge in [-0.1, -0.05) is 22.0 Å². The minimum Gasteiger partial charge on any atom is -0.311 e. The molecule has 6 nitrogen and oxygen atoms in total. The van der Waals surface area contributed by atoms with Crippen LogP contribution in [0, 0.1) is 6.92 Å². The zero-order chi connectivity index (χ0) is 17.3. The molecule has 1 N–H and O–H groups in total. The average molecular weight is 388 g/mol. The van der Waals surface area contributed by atoms with Crippen molar-refractivity contribution >= 4 is 39.5 Å². The van der Waals surface area contributed by atoms with Crippen LogP contribution in [0.2, 0.25) is 0 Å². The molecule has 7 heteroatoms. The predicted molar refractivity (Wildman–Crippen MR) is 91.7 cm³/mol. The van der Waals surface area contributed by atoms with Crippen LogP contribution in [-0.2, 0) is 4.79 Å². The lowest BCUT2D eigenvalue weighted by molar-refractivity contribution is -0.116. The molecule has 0 saturated heterocycles. The molecule has 122 valence electrons. The van der Waals surface area contributed by atoms with Crippen LogP contribution in [0.4, 0.5) is 5.82 Å². The lowest BCUT2D eigenvalue weighted by Gasteiger charge is -2.13. The second-order valence-electron chi connectivity index (χ2n) is 5.47. The fourth-order valence-corrected chi connectivity index (χ4v) is 2.79. The maximum atomic E-state index is 12.3. The van der Waals surface area contributed by atoms with Gasteiger partial charge in [-0.3, -0.25) is 19.3 Å². The molecule has 0 saturated carbocycles. The van der Waals surface area contributed by atoms with Gasteiger partial charge < -0.3 is 5.32 Å². The summed E-state index contributed by atoms with van der Waals surface area (Å²) in [6.07, 6.45) is 1.67. The van der Waals surface area contributed by atoms with Crippen molar-refractivity contribution in [2.75, 3.05) is 11.9 Å². The normalized spacial score (nSPS) is 13.2. The van der Waals surface area contributed by atoms with Crippen molar-refractivity contribution in [3.63, 3.8) is 0 Å². The summed E-state index contributed by atoms with van der Waals surface area (Å²) in [5.41, 5.74) is 1.71. The monoisotopic (exact) mass is 387 g/mol. The Morgan fingerprint density at radius 2 is 1.92 bits per heavy atom. The highest BCUT2D eigenvalue weighted by Crippen LogP contribution is 2.26. The third-order valence-corrected chi connectivity index (χ3v) is 4.17. The van der Waals surface area contributed by atoms with Crippen molar-refractivity contribution < 1.29 is 14.4 Å². The molecule has 0 unspecified atom stereocenters. The lowest BCUT2D eigenvalue weighted by Crippen LogP contribution is -2.32. The molecule has 0 fully saturated rings. The Morgan fingerprint density at radius 3 is 2.62 bits per heavy atom. The summed E-state index contributed by atoms with van der Waals surface area (Å²) < 4.78 is 0.729. The Hall–Kier alpha value is -2.54. The van der Waals surface area contributed by atoms with Gasteiger partial charge in [0.25, 0.3) is 11.8 Å². The number of carbonyl (C=O) groups excluding carboxylic acids is 3. The van der Waals surface area contributed by atoms with E-state index in [9.17, 15) is 14.4 Å². The quantitative estimate of drug-likeness (QED) is 0.817. The highest BCUT2D eigenvalue weighted by molar-refractivity contribution is 9.10. The SMILES string of the molecule is Cc1ccc(NC(=O)CCN2C(=O)c3ccc(Br)cc3C2=O)nc1. The number of aromatic nitrogens is 1. The van der Waals surface area contributed by atoms with Crippen LogP contribution >= 0.6 is 15.9 Å². The standard InChI is InChI=1S/C17H14BrN3O3/c1-10-2-5-14(19-9-10)20-15(22)6-7-21-16(23)12-4-3-11(18)8-13(12)17(21)24/h2-5,8-9H,6-7H2,1H3,(H,19,20,22). The van der Waals surface area contributed by atoms with Crippen molar-refractivity contribution in [1.29, 1.82) is 0 Å². The van der Waals surface area contributed by atoms with Gasteiger partial charge in [0, 0.05) is 23.6 Å². The molecular formula is C17H14BrN3O3. The molecule has 0 atom stereocenters. The average Bonchev–Trinajstić information content (AvgIpc) is 2.78. The van der Waals surface area contributed by atoms with Crippen LogP contribution < -0.4 is 5.32 Å².